The molecule has 6 nitrogen and oxygen atoms in total. The summed E-state index contributed by atoms with van der Waals surface area (Å²) in [6.45, 7) is 2.19. The molecule has 30 heavy (non-hydrogen) atoms. The van der Waals surface area contributed by atoms with Gasteiger partial charge in [-0.3, -0.25) is 9.36 Å². The molecule has 1 aliphatic carbocycles. The van der Waals surface area contributed by atoms with E-state index >= 15 is 0 Å². The summed E-state index contributed by atoms with van der Waals surface area (Å²) in [7, 11) is 0. The molecule has 8 heteroatoms. The van der Waals surface area contributed by atoms with E-state index in [4.69, 9.17) is 26.3 Å². The van der Waals surface area contributed by atoms with Gasteiger partial charge in [0.15, 0.2) is 5.82 Å². The number of carbonyl (C=O) groups is 1. The van der Waals surface area contributed by atoms with Crippen molar-refractivity contribution in [2.45, 2.75) is 32.6 Å². The molecule has 0 atom stereocenters. The second-order valence-corrected chi connectivity index (χ2v) is 8.89. The highest BCUT2D eigenvalue weighted by atomic mass is 35.5. The maximum absolute atomic E-state index is 11.8. The molecule has 0 amide bonds. The summed E-state index contributed by atoms with van der Waals surface area (Å²) in [5.74, 6) is 1.34. The van der Waals surface area contributed by atoms with Gasteiger partial charge in [0, 0.05) is 11.3 Å². The fourth-order valence-corrected chi connectivity index (χ4v) is 4.85. The quantitative estimate of drug-likeness (QED) is 0.419. The van der Waals surface area contributed by atoms with Gasteiger partial charge in [0.25, 0.3) is 0 Å². The van der Waals surface area contributed by atoms with Gasteiger partial charge in [0.1, 0.15) is 12.1 Å². The lowest BCUT2D eigenvalue weighted by Crippen LogP contribution is -2.07. The molecular formula is C22H19ClN4O2S. The van der Waals surface area contributed by atoms with E-state index < -0.39 is 0 Å². The van der Waals surface area contributed by atoms with Gasteiger partial charge in [0.2, 0.25) is 0 Å². The van der Waals surface area contributed by atoms with E-state index in [0.29, 0.717) is 12.4 Å². The van der Waals surface area contributed by atoms with Crippen molar-refractivity contribution in [3.05, 3.63) is 57.8 Å². The molecule has 0 spiro atoms. The third-order valence-electron chi connectivity index (χ3n) is 5.20. The average Bonchev–Trinajstić information content (AvgIpc) is 3.46. The Balaban J connectivity index is 1.58. The van der Waals surface area contributed by atoms with Crippen LogP contribution < -0.4 is 0 Å². The Morgan fingerprint density at radius 3 is 2.93 bits per heavy atom. The zero-order valence-corrected chi connectivity index (χ0v) is 18.0. The van der Waals surface area contributed by atoms with Crippen LogP contribution in [-0.4, -0.2) is 32.1 Å². The number of aryl methyl sites for hydroxylation is 1. The normalized spacial score (nSPS) is 13.0. The smallest absolute Gasteiger partial charge is 0.310 e. The molecule has 0 bridgehead atoms. The zero-order valence-electron chi connectivity index (χ0n) is 16.4. The van der Waals surface area contributed by atoms with Crippen molar-refractivity contribution in [2.24, 2.45) is 0 Å². The molecule has 5 rings (SSSR count). The minimum atomic E-state index is -0.232. The van der Waals surface area contributed by atoms with Crippen molar-refractivity contribution in [1.29, 1.82) is 0 Å². The first-order valence-electron chi connectivity index (χ1n) is 9.90. The second kappa shape index (κ2) is 7.81. The van der Waals surface area contributed by atoms with Gasteiger partial charge in [-0.05, 0) is 56.0 Å². The van der Waals surface area contributed by atoms with Crippen LogP contribution in [0.1, 0.15) is 30.2 Å². The van der Waals surface area contributed by atoms with Crippen LogP contribution in [0.3, 0.4) is 0 Å². The number of fused-ring (bicyclic) bond motifs is 2. The number of ether oxygens (including phenoxy) is 1. The summed E-state index contributed by atoms with van der Waals surface area (Å²) in [5, 5.41) is 0. The second-order valence-electron chi connectivity index (χ2n) is 7.17. The van der Waals surface area contributed by atoms with Gasteiger partial charge in [-0.15, -0.1) is 11.3 Å². The van der Waals surface area contributed by atoms with E-state index in [1.807, 2.05) is 34.9 Å². The van der Waals surface area contributed by atoms with E-state index in [0.717, 1.165) is 56.6 Å². The summed E-state index contributed by atoms with van der Waals surface area (Å²) < 4.78 is 7.79. The molecule has 0 aliphatic heterocycles. The van der Waals surface area contributed by atoms with Gasteiger partial charge in [-0.1, -0.05) is 17.7 Å². The van der Waals surface area contributed by atoms with Crippen LogP contribution in [0, 0.1) is 0 Å². The minimum Gasteiger partial charge on any atom is -0.466 e. The number of thiophene rings is 1. The van der Waals surface area contributed by atoms with E-state index in [-0.39, 0.29) is 12.4 Å². The monoisotopic (exact) mass is 438 g/mol. The van der Waals surface area contributed by atoms with Gasteiger partial charge in [-0.25, -0.2) is 15.0 Å². The Morgan fingerprint density at radius 1 is 1.23 bits per heavy atom. The SMILES string of the molecule is CCOC(=O)Cc1ccc2c(c1)ncn2-c1nc(-c2ccc(Cl)s2)nc2c1CCC2. The Bertz CT molecular complexity index is 1260. The molecular weight excluding hydrogens is 420 g/mol. The van der Waals surface area contributed by atoms with Crippen molar-refractivity contribution >= 4 is 39.9 Å². The summed E-state index contributed by atoms with van der Waals surface area (Å²) in [6, 6.07) is 9.70. The highest BCUT2D eigenvalue weighted by molar-refractivity contribution is 7.19. The third kappa shape index (κ3) is 3.48. The fraction of sp³-hybridized carbons (Fsp3) is 0.273. The molecule has 0 fully saturated rings. The molecule has 0 radical (unpaired) electrons. The highest BCUT2D eigenvalue weighted by Crippen LogP contribution is 2.33. The number of nitrogens with zero attached hydrogens (tertiary/aromatic N) is 4. The molecule has 3 heterocycles. The van der Waals surface area contributed by atoms with Crippen LogP contribution in [0.5, 0.6) is 0 Å². The molecule has 1 aliphatic rings. The molecule has 3 aromatic heterocycles. The minimum absolute atomic E-state index is 0.232. The van der Waals surface area contributed by atoms with Crippen molar-refractivity contribution in [3.8, 4) is 16.5 Å². The maximum Gasteiger partial charge on any atom is 0.310 e. The number of benzene rings is 1. The van der Waals surface area contributed by atoms with Crippen LogP contribution in [0.4, 0.5) is 0 Å². The number of carbonyl (C=O) groups excluding carboxylic acids is 1. The molecule has 0 unspecified atom stereocenters. The van der Waals surface area contributed by atoms with Crippen molar-refractivity contribution in [2.75, 3.05) is 6.61 Å². The van der Waals surface area contributed by atoms with E-state index in [1.165, 1.54) is 16.9 Å². The predicted molar refractivity (Wildman–Crippen MR) is 117 cm³/mol. The first kappa shape index (κ1) is 19.2. The van der Waals surface area contributed by atoms with E-state index in [1.54, 1.807) is 13.3 Å². The number of halogens is 1. The van der Waals surface area contributed by atoms with Crippen LogP contribution in [0.2, 0.25) is 4.34 Å². The summed E-state index contributed by atoms with van der Waals surface area (Å²) in [4.78, 5) is 27.0. The fourth-order valence-electron chi connectivity index (χ4n) is 3.87. The van der Waals surface area contributed by atoms with Gasteiger partial charge < -0.3 is 4.74 Å². The molecule has 0 saturated heterocycles. The van der Waals surface area contributed by atoms with Gasteiger partial charge in [-0.2, -0.15) is 0 Å². The van der Waals surface area contributed by atoms with Crippen LogP contribution in [0.15, 0.2) is 36.7 Å². The van der Waals surface area contributed by atoms with Crippen molar-refractivity contribution < 1.29 is 9.53 Å². The van der Waals surface area contributed by atoms with Gasteiger partial charge >= 0.3 is 5.97 Å². The van der Waals surface area contributed by atoms with Gasteiger partial charge in [0.05, 0.1) is 33.3 Å². The lowest BCUT2D eigenvalue weighted by Gasteiger charge is -2.11. The lowest BCUT2D eigenvalue weighted by molar-refractivity contribution is -0.142. The van der Waals surface area contributed by atoms with Crippen LogP contribution in [-0.2, 0) is 28.8 Å². The molecule has 1 aromatic carbocycles. The van der Waals surface area contributed by atoms with Crippen LogP contribution in [0.25, 0.3) is 27.6 Å². The Kier molecular flexibility index (Phi) is 5.00. The highest BCUT2D eigenvalue weighted by Gasteiger charge is 2.22. The maximum atomic E-state index is 11.8. The summed E-state index contributed by atoms with van der Waals surface area (Å²) in [6.07, 6.45) is 5.01. The lowest BCUT2D eigenvalue weighted by atomic mass is 10.1. The third-order valence-corrected chi connectivity index (χ3v) is 6.43. The predicted octanol–water partition coefficient (Wildman–Crippen LogP) is 4.79. The first-order chi connectivity index (χ1) is 14.6. The largest absolute Gasteiger partial charge is 0.466 e. The van der Waals surface area contributed by atoms with E-state index in [9.17, 15) is 4.79 Å². The standard InChI is InChI=1S/C22H19ClN4O2S/c1-2-29-20(28)11-13-6-7-17-16(10-13)24-12-27(17)22-14-4-3-5-15(14)25-21(26-22)18-8-9-19(23)30-18/h6-10,12H,2-5,11H2,1H3. The Morgan fingerprint density at radius 2 is 2.13 bits per heavy atom. The molecule has 0 N–H and O–H groups in total. The van der Waals surface area contributed by atoms with E-state index in [2.05, 4.69) is 4.98 Å². The average molecular weight is 439 g/mol. The number of hydrogen-bond acceptors (Lipinski definition) is 6. The Labute approximate surface area is 182 Å². The van der Waals surface area contributed by atoms with Crippen molar-refractivity contribution in [3.63, 3.8) is 0 Å². The number of aromatic nitrogens is 4. The van der Waals surface area contributed by atoms with Crippen molar-refractivity contribution in [1.82, 2.24) is 19.5 Å². The number of imidazole rings is 1. The Hall–Kier alpha value is -2.77. The molecule has 0 saturated carbocycles. The first-order valence-corrected chi connectivity index (χ1v) is 11.1. The summed E-state index contributed by atoms with van der Waals surface area (Å²) >= 11 is 7.61. The zero-order chi connectivity index (χ0) is 20.7. The topological polar surface area (TPSA) is 69.9 Å². The van der Waals surface area contributed by atoms with Crippen LogP contribution >= 0.6 is 22.9 Å². The number of rotatable bonds is 5. The number of esters is 1. The number of hydrogen-bond donors (Lipinski definition) is 0. The summed E-state index contributed by atoms with van der Waals surface area (Å²) in [5.41, 5.74) is 4.93. The molecule has 152 valence electrons. The molecule has 4 aromatic rings.